The lowest BCUT2D eigenvalue weighted by Crippen LogP contribution is -2.38. The van der Waals surface area contributed by atoms with Crippen LogP contribution in [-0.4, -0.2) is 47.8 Å². The molecule has 2 aliphatic rings. The van der Waals surface area contributed by atoms with Gasteiger partial charge in [0.2, 0.25) is 5.88 Å². The lowest BCUT2D eigenvalue weighted by Gasteiger charge is -2.27. The molecule has 1 amide bonds. The number of aromatic nitrogens is 1. The van der Waals surface area contributed by atoms with E-state index in [-0.39, 0.29) is 12.7 Å². The van der Waals surface area contributed by atoms with Gasteiger partial charge in [-0.1, -0.05) is 23.7 Å². The normalized spacial score (nSPS) is 16.0. The number of pyridine rings is 1. The molecule has 1 aromatic heterocycles. The number of hydrogen-bond donors (Lipinski definition) is 0. The van der Waals surface area contributed by atoms with Crippen LogP contribution in [-0.2, 0) is 11.3 Å². The predicted octanol–water partition coefficient (Wildman–Crippen LogP) is 4.82. The standard InChI is InChI=1S/C23H25ClFN3O3/c1-23(2,3)31-22(29)28-12-16-10-27(11-17(16)13-28)20-5-4-6-21(26-20)30-14-15-7-8-18(24)9-19(15)25/h4-9H,10-14H2,1-3H3. The Morgan fingerprint density at radius 1 is 1.13 bits per heavy atom. The summed E-state index contributed by atoms with van der Waals surface area (Å²) in [5.74, 6) is 0.806. The van der Waals surface area contributed by atoms with E-state index in [1.165, 1.54) is 17.2 Å². The summed E-state index contributed by atoms with van der Waals surface area (Å²) in [6, 6.07) is 10.0. The third-order valence-electron chi connectivity index (χ3n) is 5.10. The van der Waals surface area contributed by atoms with Crippen LogP contribution in [0.3, 0.4) is 0 Å². The molecule has 0 spiro atoms. The van der Waals surface area contributed by atoms with Crippen LogP contribution in [0.25, 0.3) is 0 Å². The van der Waals surface area contributed by atoms with Gasteiger partial charge in [-0.3, -0.25) is 0 Å². The smallest absolute Gasteiger partial charge is 0.410 e. The summed E-state index contributed by atoms with van der Waals surface area (Å²) >= 11 is 5.79. The van der Waals surface area contributed by atoms with Crippen LogP contribution in [0.15, 0.2) is 47.5 Å². The maximum Gasteiger partial charge on any atom is 0.410 e. The minimum Gasteiger partial charge on any atom is -0.473 e. The first kappa shape index (κ1) is 21.4. The maximum atomic E-state index is 14.0. The highest BCUT2D eigenvalue weighted by molar-refractivity contribution is 6.30. The second kappa shape index (κ2) is 8.38. The molecule has 3 heterocycles. The quantitative estimate of drug-likeness (QED) is 0.631. The number of halogens is 2. The first-order valence-electron chi connectivity index (χ1n) is 10.1. The third-order valence-corrected chi connectivity index (χ3v) is 5.34. The van der Waals surface area contributed by atoms with Gasteiger partial charge in [-0.05, 0) is 50.1 Å². The van der Waals surface area contributed by atoms with Gasteiger partial charge in [0.05, 0.1) is 0 Å². The van der Waals surface area contributed by atoms with E-state index in [0.29, 0.717) is 42.6 Å². The maximum absolute atomic E-state index is 14.0. The Hall–Kier alpha value is -2.80. The minimum absolute atomic E-state index is 0.0685. The van der Waals surface area contributed by atoms with Gasteiger partial charge in [0.15, 0.2) is 0 Å². The van der Waals surface area contributed by atoms with Crippen molar-refractivity contribution in [1.29, 1.82) is 0 Å². The van der Waals surface area contributed by atoms with Crippen LogP contribution < -0.4 is 9.64 Å². The van der Waals surface area contributed by atoms with Crippen molar-refractivity contribution in [3.63, 3.8) is 0 Å². The molecule has 0 fully saturated rings. The molecule has 6 nitrogen and oxygen atoms in total. The van der Waals surface area contributed by atoms with E-state index in [9.17, 15) is 9.18 Å². The number of benzene rings is 1. The molecule has 2 aliphatic heterocycles. The summed E-state index contributed by atoms with van der Waals surface area (Å²) in [5, 5.41) is 0.348. The number of hydrogen-bond acceptors (Lipinski definition) is 5. The summed E-state index contributed by atoms with van der Waals surface area (Å²) in [7, 11) is 0. The van der Waals surface area contributed by atoms with E-state index < -0.39 is 11.4 Å². The summed E-state index contributed by atoms with van der Waals surface area (Å²) in [6.07, 6.45) is -0.281. The van der Waals surface area contributed by atoms with E-state index in [1.807, 2.05) is 32.9 Å². The molecule has 0 atom stereocenters. The lowest BCUT2D eigenvalue weighted by atomic mass is 10.2. The molecule has 0 unspecified atom stereocenters. The van der Waals surface area contributed by atoms with Gasteiger partial charge in [-0.2, -0.15) is 4.98 Å². The molecule has 0 bridgehead atoms. The Morgan fingerprint density at radius 3 is 2.48 bits per heavy atom. The summed E-state index contributed by atoms with van der Waals surface area (Å²) < 4.78 is 25.1. The highest BCUT2D eigenvalue weighted by Crippen LogP contribution is 2.30. The van der Waals surface area contributed by atoms with Crippen molar-refractivity contribution < 1.29 is 18.7 Å². The first-order valence-corrected chi connectivity index (χ1v) is 10.5. The highest BCUT2D eigenvalue weighted by Gasteiger charge is 2.34. The molecular weight excluding hydrogens is 421 g/mol. The molecule has 0 saturated heterocycles. The molecule has 1 aromatic carbocycles. The van der Waals surface area contributed by atoms with Crippen LogP contribution in [0.5, 0.6) is 5.88 Å². The summed E-state index contributed by atoms with van der Waals surface area (Å²) in [6.45, 7) is 8.23. The zero-order valence-corrected chi connectivity index (χ0v) is 18.6. The monoisotopic (exact) mass is 445 g/mol. The number of ether oxygens (including phenoxy) is 2. The molecule has 0 saturated carbocycles. The van der Waals surface area contributed by atoms with E-state index in [2.05, 4.69) is 9.88 Å². The molecule has 2 aromatic rings. The van der Waals surface area contributed by atoms with Crippen molar-refractivity contribution in [3.8, 4) is 5.88 Å². The van der Waals surface area contributed by atoms with Gasteiger partial charge >= 0.3 is 6.09 Å². The van der Waals surface area contributed by atoms with Crippen LogP contribution in [0.1, 0.15) is 26.3 Å². The largest absolute Gasteiger partial charge is 0.473 e. The SMILES string of the molecule is CC(C)(C)OC(=O)N1CC2=C(C1)CN(c1cccc(OCc3ccc(Cl)cc3F)n1)C2. The molecular formula is C23H25ClFN3O3. The van der Waals surface area contributed by atoms with Crippen molar-refractivity contribution in [2.24, 2.45) is 0 Å². The Morgan fingerprint density at radius 2 is 1.84 bits per heavy atom. The van der Waals surface area contributed by atoms with Gasteiger partial charge in [-0.15, -0.1) is 0 Å². The Labute approximate surface area is 186 Å². The number of anilines is 1. The molecule has 0 N–H and O–H groups in total. The zero-order chi connectivity index (χ0) is 22.2. The fourth-order valence-electron chi connectivity index (χ4n) is 3.65. The fourth-order valence-corrected chi connectivity index (χ4v) is 3.81. The summed E-state index contributed by atoms with van der Waals surface area (Å²) in [5.41, 5.74) is 2.36. The van der Waals surface area contributed by atoms with Gasteiger partial charge in [0.1, 0.15) is 23.8 Å². The molecule has 8 heteroatoms. The second-order valence-electron chi connectivity index (χ2n) is 8.76. The topological polar surface area (TPSA) is 54.9 Å². The van der Waals surface area contributed by atoms with Crippen LogP contribution in [0.4, 0.5) is 15.0 Å². The second-order valence-corrected chi connectivity index (χ2v) is 9.19. The average Bonchev–Trinajstić information content (AvgIpc) is 3.26. The first-order chi connectivity index (χ1) is 14.7. The number of carbonyl (C=O) groups excluding carboxylic acids is 1. The molecule has 31 heavy (non-hydrogen) atoms. The molecule has 4 rings (SSSR count). The predicted molar refractivity (Wildman–Crippen MR) is 117 cm³/mol. The Kier molecular flexibility index (Phi) is 5.79. The van der Waals surface area contributed by atoms with Crippen molar-refractivity contribution >= 4 is 23.5 Å². The molecule has 0 aliphatic carbocycles. The van der Waals surface area contributed by atoms with Crippen molar-refractivity contribution in [3.05, 3.63) is 63.9 Å². The van der Waals surface area contributed by atoms with Crippen LogP contribution in [0.2, 0.25) is 5.02 Å². The fraction of sp³-hybridized carbons (Fsp3) is 0.391. The lowest BCUT2D eigenvalue weighted by molar-refractivity contribution is 0.0297. The third kappa shape index (κ3) is 5.10. The molecule has 164 valence electrons. The summed E-state index contributed by atoms with van der Waals surface area (Å²) in [4.78, 5) is 20.8. The van der Waals surface area contributed by atoms with E-state index >= 15 is 0 Å². The van der Waals surface area contributed by atoms with Crippen molar-refractivity contribution in [2.45, 2.75) is 33.0 Å². The van der Waals surface area contributed by atoms with Crippen molar-refractivity contribution in [2.75, 3.05) is 31.1 Å². The average molecular weight is 446 g/mol. The number of nitrogens with zero attached hydrogens (tertiary/aromatic N) is 3. The highest BCUT2D eigenvalue weighted by atomic mass is 35.5. The van der Waals surface area contributed by atoms with Crippen LogP contribution >= 0.6 is 11.6 Å². The van der Waals surface area contributed by atoms with E-state index in [0.717, 1.165) is 5.82 Å². The van der Waals surface area contributed by atoms with Gasteiger partial charge in [0.25, 0.3) is 0 Å². The number of carbonyl (C=O) groups is 1. The van der Waals surface area contributed by atoms with Gasteiger partial charge in [-0.25, -0.2) is 9.18 Å². The van der Waals surface area contributed by atoms with E-state index in [4.69, 9.17) is 21.1 Å². The Bertz CT molecular complexity index is 1020. The zero-order valence-electron chi connectivity index (χ0n) is 17.8. The Balaban J connectivity index is 1.34. The number of amides is 1. The van der Waals surface area contributed by atoms with Gasteiger partial charge in [0, 0.05) is 42.8 Å². The number of rotatable bonds is 4. The van der Waals surface area contributed by atoms with Crippen molar-refractivity contribution in [1.82, 2.24) is 9.88 Å². The minimum atomic E-state index is -0.505. The molecule has 0 radical (unpaired) electrons. The van der Waals surface area contributed by atoms with Gasteiger partial charge < -0.3 is 19.3 Å². The van der Waals surface area contributed by atoms with Crippen LogP contribution in [0, 0.1) is 5.82 Å². The van der Waals surface area contributed by atoms with E-state index in [1.54, 1.807) is 23.1 Å².